The van der Waals surface area contributed by atoms with Gasteiger partial charge >= 0.3 is 5.97 Å². The van der Waals surface area contributed by atoms with E-state index in [1.165, 1.54) is 30.0 Å². The molecule has 0 unspecified atom stereocenters. The number of carbonyl (C=O) groups excluding carboxylic acids is 1. The number of hydrogen-bond acceptors (Lipinski definition) is 3. The van der Waals surface area contributed by atoms with Crippen molar-refractivity contribution in [2.75, 3.05) is 12.0 Å². The maximum absolute atomic E-state index is 13.3. The van der Waals surface area contributed by atoms with Crippen molar-refractivity contribution in [3.63, 3.8) is 0 Å². The highest BCUT2D eigenvalue weighted by molar-refractivity contribution is 7.98. The molecular weight excluding hydrogens is 257 g/mol. The van der Waals surface area contributed by atoms with Gasteiger partial charge in [-0.05, 0) is 30.6 Å². The highest BCUT2D eigenvalue weighted by Crippen LogP contribution is 2.08. The maximum Gasteiger partial charge on any atom is 0.326 e. The summed E-state index contributed by atoms with van der Waals surface area (Å²) in [5.74, 6) is -1.88. The third-order valence-electron chi connectivity index (χ3n) is 2.33. The van der Waals surface area contributed by atoms with Crippen molar-refractivity contribution in [3.8, 4) is 0 Å². The first-order chi connectivity index (χ1) is 8.56. The number of halogens is 1. The highest BCUT2D eigenvalue weighted by Gasteiger charge is 2.21. The minimum Gasteiger partial charge on any atom is -0.480 e. The predicted octanol–water partition coefficient (Wildman–Crippen LogP) is 1.76. The van der Waals surface area contributed by atoms with Crippen LogP contribution in [0.15, 0.2) is 24.3 Å². The van der Waals surface area contributed by atoms with E-state index in [-0.39, 0.29) is 5.56 Å². The van der Waals surface area contributed by atoms with E-state index < -0.39 is 23.7 Å². The van der Waals surface area contributed by atoms with Crippen molar-refractivity contribution in [1.82, 2.24) is 5.32 Å². The lowest BCUT2D eigenvalue weighted by Crippen LogP contribution is -2.41. The monoisotopic (exact) mass is 271 g/mol. The summed E-state index contributed by atoms with van der Waals surface area (Å²) in [6.45, 7) is 0. The smallest absolute Gasteiger partial charge is 0.326 e. The Morgan fingerprint density at radius 3 is 2.67 bits per heavy atom. The second kappa shape index (κ2) is 7.00. The summed E-state index contributed by atoms with van der Waals surface area (Å²) in [6.07, 6.45) is 2.15. The first-order valence-electron chi connectivity index (χ1n) is 5.33. The van der Waals surface area contributed by atoms with Crippen LogP contribution in [0, 0.1) is 5.82 Å². The number of carboxylic acids is 1. The highest BCUT2D eigenvalue weighted by atomic mass is 32.2. The van der Waals surface area contributed by atoms with Gasteiger partial charge in [0, 0.05) is 0 Å². The minimum atomic E-state index is -1.12. The number of amides is 1. The van der Waals surface area contributed by atoms with Crippen LogP contribution in [0.1, 0.15) is 16.8 Å². The average Bonchev–Trinajstić information content (AvgIpc) is 2.34. The van der Waals surface area contributed by atoms with E-state index in [1.807, 2.05) is 6.26 Å². The molecule has 0 aromatic heterocycles. The van der Waals surface area contributed by atoms with Crippen molar-refractivity contribution in [1.29, 1.82) is 0 Å². The molecule has 0 spiro atoms. The first kappa shape index (κ1) is 14.5. The van der Waals surface area contributed by atoms with Gasteiger partial charge in [-0.15, -0.1) is 0 Å². The number of nitrogens with one attached hydrogen (secondary N) is 1. The quantitative estimate of drug-likeness (QED) is 0.827. The Balaban J connectivity index is 2.72. The molecule has 4 nitrogen and oxygen atoms in total. The number of benzene rings is 1. The zero-order chi connectivity index (χ0) is 13.5. The summed E-state index contributed by atoms with van der Waals surface area (Å²) >= 11 is 1.48. The van der Waals surface area contributed by atoms with E-state index in [2.05, 4.69) is 5.32 Å². The van der Waals surface area contributed by atoms with Gasteiger partial charge in [-0.2, -0.15) is 11.8 Å². The fraction of sp³-hybridized carbons (Fsp3) is 0.333. The van der Waals surface area contributed by atoms with Crippen molar-refractivity contribution in [3.05, 3.63) is 35.6 Å². The summed E-state index contributed by atoms with van der Waals surface area (Å²) < 4.78 is 13.3. The van der Waals surface area contributed by atoms with Crippen LogP contribution in [0.5, 0.6) is 0 Å². The van der Waals surface area contributed by atoms with Crippen LogP contribution in [0.4, 0.5) is 4.39 Å². The number of thioether (sulfide) groups is 1. The van der Waals surface area contributed by atoms with E-state index in [0.717, 1.165) is 6.07 Å². The Morgan fingerprint density at radius 1 is 1.44 bits per heavy atom. The largest absolute Gasteiger partial charge is 0.480 e. The fourth-order valence-corrected chi connectivity index (χ4v) is 1.85. The molecule has 1 atom stereocenters. The number of aliphatic carboxylic acids is 1. The van der Waals surface area contributed by atoms with Crippen molar-refractivity contribution in [2.45, 2.75) is 12.5 Å². The summed E-state index contributed by atoms with van der Waals surface area (Å²) in [5, 5.41) is 11.3. The Kier molecular flexibility index (Phi) is 5.64. The summed E-state index contributed by atoms with van der Waals surface area (Å²) in [7, 11) is 0. The predicted molar refractivity (Wildman–Crippen MR) is 68.3 cm³/mol. The van der Waals surface area contributed by atoms with E-state index in [4.69, 9.17) is 5.11 Å². The van der Waals surface area contributed by atoms with Crippen LogP contribution in [-0.4, -0.2) is 35.0 Å². The van der Waals surface area contributed by atoms with Crippen LogP contribution < -0.4 is 5.32 Å². The van der Waals surface area contributed by atoms with Gasteiger partial charge in [0.1, 0.15) is 11.9 Å². The van der Waals surface area contributed by atoms with E-state index in [9.17, 15) is 14.0 Å². The molecule has 1 aromatic carbocycles. The molecule has 0 aliphatic carbocycles. The Hall–Kier alpha value is -1.56. The number of rotatable bonds is 6. The Labute approximate surface area is 109 Å². The molecule has 0 bridgehead atoms. The number of carboxylic acid groups (broad SMARTS) is 1. The molecule has 0 aliphatic rings. The zero-order valence-corrected chi connectivity index (χ0v) is 10.7. The zero-order valence-electron chi connectivity index (χ0n) is 9.85. The van der Waals surface area contributed by atoms with E-state index in [1.54, 1.807) is 0 Å². The van der Waals surface area contributed by atoms with Gasteiger partial charge in [-0.1, -0.05) is 12.1 Å². The molecule has 0 radical (unpaired) electrons. The summed E-state index contributed by atoms with van der Waals surface area (Å²) in [6, 6.07) is 4.47. The van der Waals surface area contributed by atoms with Crippen molar-refractivity contribution < 1.29 is 19.1 Å². The van der Waals surface area contributed by atoms with Gasteiger partial charge in [0.15, 0.2) is 0 Å². The van der Waals surface area contributed by atoms with Gasteiger partial charge in [0.25, 0.3) is 5.91 Å². The molecule has 0 aliphatic heterocycles. The molecule has 0 saturated heterocycles. The summed E-state index contributed by atoms with van der Waals surface area (Å²) in [5.41, 5.74) is -0.145. The van der Waals surface area contributed by atoms with Crippen LogP contribution in [-0.2, 0) is 4.79 Å². The fourth-order valence-electron chi connectivity index (χ4n) is 1.37. The van der Waals surface area contributed by atoms with Crippen LogP contribution in [0.3, 0.4) is 0 Å². The van der Waals surface area contributed by atoms with Crippen molar-refractivity contribution in [2.24, 2.45) is 0 Å². The van der Waals surface area contributed by atoms with Gasteiger partial charge in [0.2, 0.25) is 0 Å². The SMILES string of the molecule is CSCC[C@H](NC(=O)c1ccccc1F)C(=O)O. The molecular formula is C12H14FNO3S. The van der Waals surface area contributed by atoms with Crippen LogP contribution in [0.2, 0.25) is 0 Å². The normalized spacial score (nSPS) is 11.9. The standard InChI is InChI=1S/C12H14FNO3S/c1-18-7-6-10(12(16)17)14-11(15)8-4-2-3-5-9(8)13/h2-5,10H,6-7H2,1H3,(H,14,15)(H,16,17)/t10-/m0/s1. The number of hydrogen-bond donors (Lipinski definition) is 2. The van der Waals surface area contributed by atoms with Gasteiger partial charge in [-0.3, -0.25) is 4.79 Å². The molecule has 98 valence electrons. The molecule has 0 saturated carbocycles. The first-order valence-corrected chi connectivity index (χ1v) is 6.72. The minimum absolute atomic E-state index is 0.145. The average molecular weight is 271 g/mol. The van der Waals surface area contributed by atoms with Gasteiger partial charge in [0.05, 0.1) is 5.56 Å². The third-order valence-corrected chi connectivity index (χ3v) is 2.98. The topological polar surface area (TPSA) is 66.4 Å². The Morgan fingerprint density at radius 2 is 2.11 bits per heavy atom. The lowest BCUT2D eigenvalue weighted by Gasteiger charge is -2.14. The molecule has 2 N–H and O–H groups in total. The third kappa shape index (κ3) is 4.03. The molecule has 1 rings (SSSR count). The molecule has 0 fully saturated rings. The molecule has 1 aromatic rings. The molecule has 18 heavy (non-hydrogen) atoms. The molecule has 0 heterocycles. The van der Waals surface area contributed by atoms with E-state index in [0.29, 0.717) is 12.2 Å². The van der Waals surface area contributed by atoms with Gasteiger partial charge in [-0.25, -0.2) is 9.18 Å². The number of carbonyl (C=O) groups is 2. The van der Waals surface area contributed by atoms with Crippen LogP contribution >= 0.6 is 11.8 Å². The second-order valence-corrected chi connectivity index (χ2v) is 4.61. The van der Waals surface area contributed by atoms with E-state index >= 15 is 0 Å². The molecule has 1 amide bonds. The van der Waals surface area contributed by atoms with Crippen LogP contribution in [0.25, 0.3) is 0 Å². The summed E-state index contributed by atoms with van der Waals surface area (Å²) in [4.78, 5) is 22.7. The van der Waals surface area contributed by atoms with Gasteiger partial charge < -0.3 is 10.4 Å². The molecule has 6 heteroatoms. The maximum atomic E-state index is 13.3. The lowest BCUT2D eigenvalue weighted by molar-refractivity contribution is -0.139. The Bertz CT molecular complexity index is 439. The second-order valence-electron chi connectivity index (χ2n) is 3.63. The van der Waals surface area contributed by atoms with Crippen molar-refractivity contribution >= 4 is 23.6 Å². The lowest BCUT2D eigenvalue weighted by atomic mass is 10.1.